The van der Waals surface area contributed by atoms with Crippen LogP contribution < -0.4 is 0 Å². The second kappa shape index (κ2) is 6.64. The van der Waals surface area contributed by atoms with Crippen LogP contribution in [0.25, 0.3) is 0 Å². The average Bonchev–Trinajstić information content (AvgIpc) is 2.13. The average molecular weight is 179 g/mol. The minimum atomic E-state index is 0.779. The molecule has 1 nitrogen and oxygen atoms in total. The maximum absolute atomic E-state index is 3.83. The van der Waals surface area contributed by atoms with Crippen LogP contribution in [-0.4, -0.2) is 6.72 Å². The minimum Gasteiger partial charge on any atom is -0.269 e. The van der Waals surface area contributed by atoms with Gasteiger partial charge in [-0.25, -0.2) is 0 Å². The van der Waals surface area contributed by atoms with E-state index in [1.807, 2.05) is 13.0 Å². The molecule has 0 bridgehead atoms. The zero-order valence-corrected chi connectivity index (χ0v) is 9.30. The summed E-state index contributed by atoms with van der Waals surface area (Å²) >= 11 is 0. The molecule has 1 atom stereocenters. The van der Waals surface area contributed by atoms with Crippen LogP contribution in [0.2, 0.25) is 0 Å². The van der Waals surface area contributed by atoms with E-state index in [2.05, 4.69) is 38.6 Å². The van der Waals surface area contributed by atoms with E-state index in [-0.39, 0.29) is 0 Å². The molecule has 0 aromatic heterocycles. The SMILES string of the molecule is C=N/C(C)=C\C=C(\C)CC(C)CC. The summed E-state index contributed by atoms with van der Waals surface area (Å²) in [4.78, 5) is 3.83. The minimum absolute atomic E-state index is 0.779. The Balaban J connectivity index is 4.09. The molecule has 0 saturated heterocycles. The van der Waals surface area contributed by atoms with Gasteiger partial charge in [0.2, 0.25) is 0 Å². The van der Waals surface area contributed by atoms with Crippen molar-refractivity contribution in [3.8, 4) is 0 Å². The van der Waals surface area contributed by atoms with Gasteiger partial charge in [-0.1, -0.05) is 31.9 Å². The lowest BCUT2D eigenvalue weighted by Gasteiger charge is -2.07. The maximum atomic E-state index is 3.83. The van der Waals surface area contributed by atoms with E-state index in [1.54, 1.807) is 0 Å². The second-order valence-electron chi connectivity index (χ2n) is 3.70. The molecule has 1 unspecified atom stereocenters. The number of aliphatic imine (C=N–C) groups is 1. The highest BCUT2D eigenvalue weighted by atomic mass is 14.7. The Morgan fingerprint density at radius 3 is 2.46 bits per heavy atom. The van der Waals surface area contributed by atoms with Crippen LogP contribution in [0.4, 0.5) is 0 Å². The van der Waals surface area contributed by atoms with Crippen LogP contribution in [0.1, 0.15) is 40.5 Å². The van der Waals surface area contributed by atoms with Gasteiger partial charge in [0, 0.05) is 5.70 Å². The molecular formula is C12H21N. The molecule has 0 spiro atoms. The van der Waals surface area contributed by atoms with Crippen molar-refractivity contribution >= 4 is 6.72 Å². The molecule has 0 aliphatic heterocycles. The summed E-state index contributed by atoms with van der Waals surface area (Å²) in [6.45, 7) is 12.1. The lowest BCUT2D eigenvalue weighted by Crippen LogP contribution is -1.92. The Morgan fingerprint density at radius 1 is 1.38 bits per heavy atom. The fraction of sp³-hybridized carbons (Fsp3) is 0.583. The van der Waals surface area contributed by atoms with Gasteiger partial charge in [-0.3, -0.25) is 4.99 Å². The van der Waals surface area contributed by atoms with Crippen molar-refractivity contribution in [2.45, 2.75) is 40.5 Å². The standard InChI is InChI=1S/C12H21N/c1-6-10(2)9-11(3)7-8-12(4)13-5/h7-8,10H,5-6,9H2,1-4H3/b11-7-,12-8-. The summed E-state index contributed by atoms with van der Waals surface area (Å²) < 4.78 is 0. The fourth-order valence-electron chi connectivity index (χ4n) is 1.08. The summed E-state index contributed by atoms with van der Waals surface area (Å²) in [5, 5.41) is 0. The first-order valence-electron chi connectivity index (χ1n) is 4.91. The van der Waals surface area contributed by atoms with Crippen molar-refractivity contribution in [2.24, 2.45) is 10.9 Å². The Labute approximate surface area is 82.3 Å². The van der Waals surface area contributed by atoms with Crippen molar-refractivity contribution in [1.29, 1.82) is 0 Å². The predicted octanol–water partition coefficient (Wildman–Crippen LogP) is 3.97. The van der Waals surface area contributed by atoms with E-state index in [0.717, 1.165) is 11.6 Å². The molecule has 0 amide bonds. The Kier molecular flexibility index (Phi) is 6.21. The molecule has 0 aliphatic rings. The van der Waals surface area contributed by atoms with Crippen LogP contribution in [0.5, 0.6) is 0 Å². The smallest absolute Gasteiger partial charge is 0.0365 e. The van der Waals surface area contributed by atoms with E-state index >= 15 is 0 Å². The highest BCUT2D eigenvalue weighted by Gasteiger charge is 1.98. The number of rotatable bonds is 5. The Bertz CT molecular complexity index is 211. The fourth-order valence-corrected chi connectivity index (χ4v) is 1.08. The van der Waals surface area contributed by atoms with Gasteiger partial charge >= 0.3 is 0 Å². The number of allylic oxidation sites excluding steroid dienone is 4. The van der Waals surface area contributed by atoms with Crippen molar-refractivity contribution < 1.29 is 0 Å². The molecular weight excluding hydrogens is 158 g/mol. The number of hydrogen-bond donors (Lipinski definition) is 0. The number of hydrogen-bond acceptors (Lipinski definition) is 1. The monoisotopic (exact) mass is 179 g/mol. The summed E-state index contributed by atoms with van der Waals surface area (Å²) in [7, 11) is 0. The van der Waals surface area contributed by atoms with Gasteiger partial charge < -0.3 is 0 Å². The lowest BCUT2D eigenvalue weighted by atomic mass is 10.00. The Hall–Kier alpha value is -0.850. The van der Waals surface area contributed by atoms with E-state index < -0.39 is 0 Å². The van der Waals surface area contributed by atoms with Gasteiger partial charge in [-0.15, -0.1) is 0 Å². The molecule has 1 heteroatoms. The van der Waals surface area contributed by atoms with Crippen molar-refractivity contribution in [3.63, 3.8) is 0 Å². The topological polar surface area (TPSA) is 12.4 Å². The van der Waals surface area contributed by atoms with Crippen LogP contribution in [-0.2, 0) is 0 Å². The highest BCUT2D eigenvalue weighted by Crippen LogP contribution is 2.13. The third kappa shape index (κ3) is 6.32. The molecule has 0 heterocycles. The van der Waals surface area contributed by atoms with Crippen molar-refractivity contribution in [2.75, 3.05) is 0 Å². The zero-order chi connectivity index (χ0) is 10.3. The van der Waals surface area contributed by atoms with Gasteiger partial charge in [0.25, 0.3) is 0 Å². The van der Waals surface area contributed by atoms with Crippen LogP contribution in [0.3, 0.4) is 0 Å². The van der Waals surface area contributed by atoms with Gasteiger partial charge in [-0.2, -0.15) is 0 Å². The summed E-state index contributed by atoms with van der Waals surface area (Å²) in [5.41, 5.74) is 2.39. The normalized spacial score (nSPS) is 15.7. The van der Waals surface area contributed by atoms with Gasteiger partial charge in [0.05, 0.1) is 0 Å². The molecule has 0 saturated carbocycles. The predicted molar refractivity (Wildman–Crippen MR) is 61.1 cm³/mol. The summed E-state index contributed by atoms with van der Waals surface area (Å²) in [6.07, 6.45) is 6.58. The largest absolute Gasteiger partial charge is 0.269 e. The van der Waals surface area contributed by atoms with E-state index in [9.17, 15) is 0 Å². The molecule has 0 aromatic carbocycles. The van der Waals surface area contributed by atoms with Crippen LogP contribution >= 0.6 is 0 Å². The van der Waals surface area contributed by atoms with Crippen LogP contribution in [0.15, 0.2) is 28.4 Å². The highest BCUT2D eigenvalue weighted by molar-refractivity contribution is 5.29. The third-order valence-corrected chi connectivity index (χ3v) is 2.23. The van der Waals surface area contributed by atoms with E-state index in [0.29, 0.717) is 0 Å². The maximum Gasteiger partial charge on any atom is 0.0365 e. The first-order valence-corrected chi connectivity index (χ1v) is 4.91. The second-order valence-corrected chi connectivity index (χ2v) is 3.70. The molecule has 0 rings (SSSR count). The lowest BCUT2D eigenvalue weighted by molar-refractivity contribution is 0.557. The van der Waals surface area contributed by atoms with Crippen molar-refractivity contribution in [1.82, 2.24) is 0 Å². The summed E-state index contributed by atoms with van der Waals surface area (Å²) in [5.74, 6) is 0.779. The molecule has 0 radical (unpaired) electrons. The zero-order valence-electron chi connectivity index (χ0n) is 9.30. The molecule has 0 aromatic rings. The quantitative estimate of drug-likeness (QED) is 0.447. The molecule has 74 valence electrons. The number of nitrogens with zero attached hydrogens (tertiary/aromatic N) is 1. The first-order chi connectivity index (χ1) is 6.10. The van der Waals surface area contributed by atoms with Gasteiger partial charge in [0.1, 0.15) is 0 Å². The van der Waals surface area contributed by atoms with E-state index in [4.69, 9.17) is 0 Å². The summed E-state index contributed by atoms with van der Waals surface area (Å²) in [6, 6.07) is 0. The Morgan fingerprint density at radius 2 is 2.00 bits per heavy atom. The third-order valence-electron chi connectivity index (χ3n) is 2.23. The molecule has 0 fully saturated rings. The first kappa shape index (κ1) is 12.2. The van der Waals surface area contributed by atoms with Crippen molar-refractivity contribution in [3.05, 3.63) is 23.4 Å². The molecule has 13 heavy (non-hydrogen) atoms. The van der Waals surface area contributed by atoms with Gasteiger partial charge in [-0.05, 0) is 39.0 Å². The molecule has 0 N–H and O–H groups in total. The van der Waals surface area contributed by atoms with E-state index in [1.165, 1.54) is 18.4 Å². The molecule has 0 aliphatic carbocycles. The van der Waals surface area contributed by atoms with Crippen LogP contribution in [0, 0.1) is 5.92 Å². The van der Waals surface area contributed by atoms with Gasteiger partial charge in [0.15, 0.2) is 0 Å².